The van der Waals surface area contributed by atoms with Crippen LogP contribution in [0.25, 0.3) is 5.69 Å². The van der Waals surface area contributed by atoms with Crippen LogP contribution in [0.1, 0.15) is 16.1 Å². The second kappa shape index (κ2) is 7.82. The lowest BCUT2D eigenvalue weighted by Gasteiger charge is -2.17. The second-order valence-electron chi connectivity index (χ2n) is 5.90. The van der Waals surface area contributed by atoms with Gasteiger partial charge in [-0.3, -0.25) is 4.79 Å². The lowest BCUT2D eigenvalue weighted by Crippen LogP contribution is -2.31. The zero-order chi connectivity index (χ0) is 18.5. The Kier molecular flexibility index (Phi) is 5.31. The highest BCUT2D eigenvalue weighted by atomic mass is 19.1. The average Bonchev–Trinajstić information content (AvgIpc) is 3.04. The Morgan fingerprint density at radius 3 is 2.58 bits per heavy atom. The van der Waals surface area contributed by atoms with Gasteiger partial charge in [0.1, 0.15) is 6.61 Å². The summed E-state index contributed by atoms with van der Waals surface area (Å²) in [4.78, 5) is 14.2. The van der Waals surface area contributed by atoms with Gasteiger partial charge in [0.15, 0.2) is 11.6 Å². The summed E-state index contributed by atoms with van der Waals surface area (Å²) < 4.78 is 20.7. The third kappa shape index (κ3) is 3.74. The normalized spacial score (nSPS) is 10.6. The number of amides is 1. The third-order valence-corrected chi connectivity index (χ3v) is 4.11. The molecule has 0 radical (unpaired) electrons. The van der Waals surface area contributed by atoms with E-state index in [0.29, 0.717) is 12.1 Å². The second-order valence-corrected chi connectivity index (χ2v) is 5.90. The van der Waals surface area contributed by atoms with Gasteiger partial charge in [0.25, 0.3) is 5.91 Å². The summed E-state index contributed by atoms with van der Waals surface area (Å²) >= 11 is 0. The summed E-state index contributed by atoms with van der Waals surface area (Å²) in [7, 11) is 1.69. The summed E-state index contributed by atoms with van der Waals surface area (Å²) in [6.45, 7) is 2.40. The van der Waals surface area contributed by atoms with E-state index in [1.165, 1.54) is 6.07 Å². The number of carbonyl (C=O) groups is 1. The number of para-hydroxylation sites is 2. The molecule has 0 aliphatic heterocycles. The van der Waals surface area contributed by atoms with Gasteiger partial charge in [-0.2, -0.15) is 5.10 Å². The fourth-order valence-corrected chi connectivity index (χ4v) is 2.61. The first kappa shape index (κ1) is 17.7. The number of ether oxygens (including phenoxy) is 1. The molecule has 134 valence electrons. The zero-order valence-electron chi connectivity index (χ0n) is 14.7. The maximum atomic E-state index is 13.5. The summed E-state index contributed by atoms with van der Waals surface area (Å²) in [5.74, 6) is -0.385. The monoisotopic (exact) mass is 353 g/mol. The fraction of sp³-hybridized carbons (Fsp3) is 0.200. The Morgan fingerprint density at radius 2 is 1.85 bits per heavy atom. The van der Waals surface area contributed by atoms with Crippen LogP contribution in [0.4, 0.5) is 4.39 Å². The van der Waals surface area contributed by atoms with Gasteiger partial charge in [-0.1, -0.05) is 30.3 Å². The van der Waals surface area contributed by atoms with E-state index in [-0.39, 0.29) is 18.3 Å². The molecule has 0 N–H and O–H groups in total. The molecule has 0 unspecified atom stereocenters. The minimum absolute atomic E-state index is 0.151. The maximum Gasteiger partial charge on any atom is 0.257 e. The van der Waals surface area contributed by atoms with E-state index in [1.807, 2.05) is 37.3 Å². The van der Waals surface area contributed by atoms with E-state index in [9.17, 15) is 9.18 Å². The predicted molar refractivity (Wildman–Crippen MR) is 97.2 cm³/mol. The first-order valence-electron chi connectivity index (χ1n) is 8.31. The van der Waals surface area contributed by atoms with E-state index in [0.717, 1.165) is 11.4 Å². The van der Waals surface area contributed by atoms with Crippen molar-refractivity contribution in [3.05, 3.63) is 77.9 Å². The smallest absolute Gasteiger partial charge is 0.257 e. The lowest BCUT2D eigenvalue weighted by molar-refractivity contribution is 0.0772. The van der Waals surface area contributed by atoms with Gasteiger partial charge >= 0.3 is 0 Å². The summed E-state index contributed by atoms with van der Waals surface area (Å²) in [6, 6.07) is 15.8. The van der Waals surface area contributed by atoms with E-state index in [1.54, 1.807) is 41.0 Å². The Labute approximate surface area is 151 Å². The van der Waals surface area contributed by atoms with Crippen molar-refractivity contribution in [2.75, 3.05) is 20.2 Å². The number of carbonyl (C=O) groups excluding carboxylic acids is 1. The third-order valence-electron chi connectivity index (χ3n) is 4.11. The molecule has 0 bridgehead atoms. The van der Waals surface area contributed by atoms with E-state index >= 15 is 0 Å². The predicted octanol–water partition coefficient (Wildman–Crippen LogP) is 3.47. The van der Waals surface area contributed by atoms with Gasteiger partial charge in [0, 0.05) is 7.05 Å². The Morgan fingerprint density at radius 1 is 1.15 bits per heavy atom. The van der Waals surface area contributed by atoms with Crippen LogP contribution in [0.2, 0.25) is 0 Å². The summed E-state index contributed by atoms with van der Waals surface area (Å²) in [5.41, 5.74) is 2.19. The van der Waals surface area contributed by atoms with Gasteiger partial charge in [0.2, 0.25) is 0 Å². The quantitative estimate of drug-likeness (QED) is 0.682. The van der Waals surface area contributed by atoms with Crippen molar-refractivity contribution in [2.45, 2.75) is 6.92 Å². The molecule has 2 aromatic carbocycles. The number of benzene rings is 2. The van der Waals surface area contributed by atoms with Crippen LogP contribution in [-0.2, 0) is 0 Å². The molecule has 0 atom stereocenters. The number of halogens is 1. The maximum absolute atomic E-state index is 13.5. The average molecular weight is 353 g/mol. The molecule has 0 saturated carbocycles. The van der Waals surface area contributed by atoms with E-state index < -0.39 is 5.82 Å². The number of likely N-dealkylation sites (N-methyl/N-ethyl adjacent to an activating group) is 1. The molecular formula is C20H20FN3O2. The number of hydrogen-bond acceptors (Lipinski definition) is 3. The Bertz CT molecular complexity index is 893. The minimum Gasteiger partial charge on any atom is -0.489 e. The highest BCUT2D eigenvalue weighted by Crippen LogP contribution is 2.17. The molecule has 3 rings (SSSR count). The van der Waals surface area contributed by atoms with E-state index in [2.05, 4.69) is 5.10 Å². The number of nitrogens with zero attached hydrogens (tertiary/aromatic N) is 3. The zero-order valence-corrected chi connectivity index (χ0v) is 14.7. The first-order chi connectivity index (χ1) is 12.6. The van der Waals surface area contributed by atoms with Crippen LogP contribution >= 0.6 is 0 Å². The largest absolute Gasteiger partial charge is 0.489 e. The molecule has 26 heavy (non-hydrogen) atoms. The van der Waals surface area contributed by atoms with Crippen LogP contribution in [0.3, 0.4) is 0 Å². The molecule has 0 fully saturated rings. The molecule has 0 saturated heterocycles. The molecule has 1 aromatic heterocycles. The molecule has 3 aromatic rings. The van der Waals surface area contributed by atoms with E-state index in [4.69, 9.17) is 4.74 Å². The molecule has 1 heterocycles. The SMILES string of the molecule is Cc1c(C(=O)N(C)CCOc2ccccc2F)cnn1-c1ccccc1. The number of rotatable bonds is 6. The van der Waals surface area contributed by atoms with Gasteiger partial charge in [0.05, 0.1) is 29.7 Å². The standard InChI is InChI=1S/C20H20FN3O2/c1-15-17(14-22-24(15)16-8-4-3-5-9-16)20(25)23(2)12-13-26-19-11-7-6-10-18(19)21/h3-11,14H,12-13H2,1-2H3. The molecule has 1 amide bonds. The topological polar surface area (TPSA) is 47.4 Å². The molecule has 6 heteroatoms. The molecule has 0 aliphatic rings. The lowest BCUT2D eigenvalue weighted by atomic mass is 10.2. The van der Waals surface area contributed by atoms with Crippen molar-refractivity contribution in [1.82, 2.24) is 14.7 Å². The van der Waals surface area contributed by atoms with Crippen LogP contribution in [-0.4, -0.2) is 40.8 Å². The van der Waals surface area contributed by atoms with Crippen molar-refractivity contribution in [1.29, 1.82) is 0 Å². The van der Waals surface area contributed by atoms with Crippen molar-refractivity contribution < 1.29 is 13.9 Å². The first-order valence-corrected chi connectivity index (χ1v) is 8.31. The highest BCUT2D eigenvalue weighted by Gasteiger charge is 2.18. The Balaban J connectivity index is 1.64. The van der Waals surface area contributed by atoms with Crippen LogP contribution in [0, 0.1) is 12.7 Å². The number of aromatic nitrogens is 2. The van der Waals surface area contributed by atoms with Gasteiger partial charge in [-0.25, -0.2) is 9.07 Å². The van der Waals surface area contributed by atoms with Crippen molar-refractivity contribution in [3.63, 3.8) is 0 Å². The van der Waals surface area contributed by atoms with Crippen LogP contribution < -0.4 is 4.74 Å². The summed E-state index contributed by atoms with van der Waals surface area (Å²) in [6.07, 6.45) is 1.57. The van der Waals surface area contributed by atoms with Crippen molar-refractivity contribution in [2.24, 2.45) is 0 Å². The molecular weight excluding hydrogens is 333 g/mol. The molecule has 5 nitrogen and oxygen atoms in total. The molecule has 0 aliphatic carbocycles. The fourth-order valence-electron chi connectivity index (χ4n) is 2.61. The van der Waals surface area contributed by atoms with Crippen LogP contribution in [0.5, 0.6) is 5.75 Å². The Hall–Kier alpha value is -3.15. The molecule has 0 spiro atoms. The van der Waals surface area contributed by atoms with Crippen molar-refractivity contribution >= 4 is 5.91 Å². The van der Waals surface area contributed by atoms with Crippen molar-refractivity contribution in [3.8, 4) is 11.4 Å². The highest BCUT2D eigenvalue weighted by molar-refractivity contribution is 5.95. The summed E-state index contributed by atoms with van der Waals surface area (Å²) in [5, 5.41) is 4.32. The number of hydrogen-bond donors (Lipinski definition) is 0. The van der Waals surface area contributed by atoms with Gasteiger partial charge in [-0.15, -0.1) is 0 Å². The minimum atomic E-state index is -0.415. The van der Waals surface area contributed by atoms with Gasteiger partial charge in [-0.05, 0) is 31.2 Å². The van der Waals surface area contributed by atoms with Gasteiger partial charge < -0.3 is 9.64 Å². The van der Waals surface area contributed by atoms with Crippen LogP contribution in [0.15, 0.2) is 60.8 Å².